The monoisotopic (exact) mass is 367 g/mol. The van der Waals surface area contributed by atoms with E-state index in [1.807, 2.05) is 6.07 Å². The number of hydrogen-bond donors (Lipinski definition) is 1. The van der Waals surface area contributed by atoms with Crippen LogP contribution in [0.15, 0.2) is 16.6 Å². The third-order valence-corrected chi connectivity index (χ3v) is 3.68. The maximum Gasteiger partial charge on any atom is 0.392 e. The molecular weight excluding hydrogens is 351 g/mol. The minimum absolute atomic E-state index is 0.303. The molecule has 1 aromatic carbocycles. The maximum absolute atomic E-state index is 12.2. The van der Waals surface area contributed by atoms with Crippen LogP contribution in [0.4, 0.5) is 13.2 Å². The van der Waals surface area contributed by atoms with Crippen LogP contribution in [0.1, 0.15) is 24.8 Å². The molecule has 1 aliphatic carbocycles. The number of ether oxygens (including phenoxy) is 2. The molecule has 0 aromatic heterocycles. The molecule has 0 bridgehead atoms. The van der Waals surface area contributed by atoms with Gasteiger partial charge in [-0.15, -0.1) is 0 Å². The normalized spacial score (nSPS) is 15.1. The Kier molecular flexibility index (Phi) is 5.37. The third-order valence-electron chi connectivity index (χ3n) is 3.09. The fourth-order valence-corrected chi connectivity index (χ4v) is 2.44. The first-order valence-corrected chi connectivity index (χ1v) is 7.47. The number of alkyl halides is 3. The molecule has 0 aliphatic heterocycles. The second kappa shape index (κ2) is 6.87. The first-order valence-electron chi connectivity index (χ1n) is 6.68. The van der Waals surface area contributed by atoms with Crippen molar-refractivity contribution in [1.82, 2.24) is 5.32 Å². The summed E-state index contributed by atoms with van der Waals surface area (Å²) < 4.78 is 47.5. The number of rotatable bonds is 7. The predicted octanol–water partition coefficient (Wildman–Crippen LogP) is 4.04. The molecule has 1 aromatic rings. The predicted molar refractivity (Wildman–Crippen MR) is 76.7 cm³/mol. The molecule has 2 rings (SSSR count). The van der Waals surface area contributed by atoms with Crippen LogP contribution in [0.25, 0.3) is 0 Å². The fraction of sp³-hybridized carbons (Fsp3) is 0.571. The largest absolute Gasteiger partial charge is 0.493 e. The molecule has 0 heterocycles. The van der Waals surface area contributed by atoms with Crippen molar-refractivity contribution < 1.29 is 22.6 Å². The first-order chi connectivity index (χ1) is 9.89. The SMILES string of the molecule is COc1cc(CNC2CC2)cc(Br)c1OCCC(F)(F)F. The van der Waals surface area contributed by atoms with E-state index in [1.165, 1.54) is 20.0 Å². The summed E-state index contributed by atoms with van der Waals surface area (Å²) in [6.45, 7) is 0.264. The van der Waals surface area contributed by atoms with Crippen molar-refractivity contribution in [3.05, 3.63) is 22.2 Å². The Hall–Kier alpha value is -0.950. The average molecular weight is 368 g/mol. The van der Waals surface area contributed by atoms with Crippen LogP contribution in [-0.4, -0.2) is 25.9 Å². The average Bonchev–Trinajstić information content (AvgIpc) is 3.21. The summed E-state index contributed by atoms with van der Waals surface area (Å²) >= 11 is 3.33. The molecule has 0 amide bonds. The summed E-state index contributed by atoms with van der Waals surface area (Å²) in [6.07, 6.45) is -2.84. The zero-order valence-electron chi connectivity index (χ0n) is 11.6. The van der Waals surface area contributed by atoms with Gasteiger partial charge < -0.3 is 14.8 Å². The van der Waals surface area contributed by atoms with E-state index in [4.69, 9.17) is 9.47 Å². The molecule has 0 radical (unpaired) electrons. The molecule has 21 heavy (non-hydrogen) atoms. The minimum atomic E-state index is -4.23. The number of methoxy groups -OCH3 is 1. The Morgan fingerprint density at radius 3 is 2.62 bits per heavy atom. The van der Waals surface area contributed by atoms with Crippen LogP contribution < -0.4 is 14.8 Å². The maximum atomic E-state index is 12.2. The zero-order chi connectivity index (χ0) is 15.5. The summed E-state index contributed by atoms with van der Waals surface area (Å²) in [7, 11) is 1.47. The van der Waals surface area contributed by atoms with E-state index in [1.54, 1.807) is 6.07 Å². The Labute approximate surface area is 129 Å². The van der Waals surface area contributed by atoms with E-state index < -0.39 is 19.2 Å². The quantitative estimate of drug-likeness (QED) is 0.788. The van der Waals surface area contributed by atoms with Gasteiger partial charge in [0.1, 0.15) is 0 Å². The van der Waals surface area contributed by atoms with Crippen LogP contribution in [0, 0.1) is 0 Å². The lowest BCUT2D eigenvalue weighted by Gasteiger charge is -2.15. The standard InChI is InChI=1S/C14H17BrF3NO2/c1-20-12-7-9(8-19-10-2-3-10)6-11(15)13(12)21-5-4-14(16,17)18/h6-7,10,19H,2-5,8H2,1H3. The molecule has 1 aliphatic rings. The van der Waals surface area contributed by atoms with Gasteiger partial charge in [0.15, 0.2) is 11.5 Å². The lowest BCUT2D eigenvalue weighted by molar-refractivity contribution is -0.139. The van der Waals surface area contributed by atoms with E-state index in [-0.39, 0.29) is 0 Å². The highest BCUT2D eigenvalue weighted by atomic mass is 79.9. The van der Waals surface area contributed by atoms with Crippen molar-refractivity contribution in [3.63, 3.8) is 0 Å². The van der Waals surface area contributed by atoms with Crippen LogP contribution in [0.5, 0.6) is 11.5 Å². The summed E-state index contributed by atoms with van der Waals surface area (Å²) in [5.74, 6) is 0.732. The molecule has 0 unspecified atom stereocenters. The van der Waals surface area contributed by atoms with Gasteiger partial charge in [-0.1, -0.05) is 0 Å². The van der Waals surface area contributed by atoms with Gasteiger partial charge >= 0.3 is 6.18 Å². The number of hydrogen-bond acceptors (Lipinski definition) is 3. The van der Waals surface area contributed by atoms with Gasteiger partial charge in [-0.05, 0) is 46.5 Å². The highest BCUT2D eigenvalue weighted by molar-refractivity contribution is 9.10. The number of nitrogens with one attached hydrogen (secondary N) is 1. The van der Waals surface area contributed by atoms with Crippen molar-refractivity contribution in [1.29, 1.82) is 0 Å². The summed E-state index contributed by atoms with van der Waals surface area (Å²) in [5.41, 5.74) is 0.994. The molecule has 1 fully saturated rings. The van der Waals surface area contributed by atoms with Crippen molar-refractivity contribution in [2.24, 2.45) is 0 Å². The second-order valence-electron chi connectivity index (χ2n) is 4.98. The Morgan fingerprint density at radius 2 is 2.05 bits per heavy atom. The highest BCUT2D eigenvalue weighted by Crippen LogP contribution is 2.37. The van der Waals surface area contributed by atoms with Gasteiger partial charge in [-0.2, -0.15) is 13.2 Å². The topological polar surface area (TPSA) is 30.5 Å². The molecule has 0 spiro atoms. The van der Waals surface area contributed by atoms with Gasteiger partial charge in [0.25, 0.3) is 0 Å². The molecule has 118 valence electrons. The zero-order valence-corrected chi connectivity index (χ0v) is 13.2. The van der Waals surface area contributed by atoms with Crippen molar-refractivity contribution in [2.75, 3.05) is 13.7 Å². The smallest absolute Gasteiger partial charge is 0.392 e. The Bertz CT molecular complexity index is 490. The molecule has 1 saturated carbocycles. The first kappa shape index (κ1) is 16.4. The lowest BCUT2D eigenvalue weighted by atomic mass is 10.2. The summed E-state index contributed by atoms with van der Waals surface area (Å²) in [4.78, 5) is 0. The summed E-state index contributed by atoms with van der Waals surface area (Å²) in [6, 6.07) is 4.20. The van der Waals surface area contributed by atoms with Gasteiger partial charge in [0, 0.05) is 12.6 Å². The summed E-state index contributed by atoms with van der Waals surface area (Å²) in [5, 5.41) is 3.37. The van der Waals surface area contributed by atoms with Crippen LogP contribution >= 0.6 is 15.9 Å². The molecule has 1 N–H and O–H groups in total. The van der Waals surface area contributed by atoms with E-state index in [0.717, 1.165) is 5.56 Å². The molecule has 3 nitrogen and oxygen atoms in total. The lowest BCUT2D eigenvalue weighted by Crippen LogP contribution is -2.16. The van der Waals surface area contributed by atoms with E-state index in [2.05, 4.69) is 21.2 Å². The van der Waals surface area contributed by atoms with Crippen molar-refractivity contribution in [3.8, 4) is 11.5 Å². The van der Waals surface area contributed by atoms with Crippen LogP contribution in [-0.2, 0) is 6.54 Å². The van der Waals surface area contributed by atoms with Crippen molar-refractivity contribution in [2.45, 2.75) is 38.0 Å². The second-order valence-corrected chi connectivity index (χ2v) is 5.83. The van der Waals surface area contributed by atoms with E-state index in [9.17, 15) is 13.2 Å². The highest BCUT2D eigenvalue weighted by Gasteiger charge is 2.27. The Morgan fingerprint density at radius 1 is 1.33 bits per heavy atom. The number of benzene rings is 1. The third kappa shape index (κ3) is 5.39. The van der Waals surface area contributed by atoms with Gasteiger partial charge in [0.05, 0.1) is 24.6 Å². The van der Waals surface area contributed by atoms with E-state index in [0.29, 0.717) is 28.6 Å². The molecule has 0 saturated heterocycles. The molecular formula is C14H17BrF3NO2. The van der Waals surface area contributed by atoms with Gasteiger partial charge in [-0.25, -0.2) is 0 Å². The van der Waals surface area contributed by atoms with Gasteiger partial charge in [-0.3, -0.25) is 0 Å². The van der Waals surface area contributed by atoms with Crippen LogP contribution in [0.3, 0.4) is 0 Å². The number of halogens is 4. The molecule has 7 heteroatoms. The minimum Gasteiger partial charge on any atom is -0.493 e. The van der Waals surface area contributed by atoms with Gasteiger partial charge in [0.2, 0.25) is 0 Å². The van der Waals surface area contributed by atoms with Crippen LogP contribution in [0.2, 0.25) is 0 Å². The molecule has 0 atom stereocenters. The fourth-order valence-electron chi connectivity index (χ4n) is 1.83. The Balaban J connectivity index is 2.01. The van der Waals surface area contributed by atoms with E-state index >= 15 is 0 Å². The van der Waals surface area contributed by atoms with Crippen molar-refractivity contribution >= 4 is 15.9 Å².